The van der Waals surface area contributed by atoms with Crippen molar-refractivity contribution in [2.75, 3.05) is 19.6 Å². The number of hydrogen-bond acceptors (Lipinski definition) is 4. The number of rotatable bonds is 5. The third-order valence-corrected chi connectivity index (χ3v) is 6.55. The van der Waals surface area contributed by atoms with Crippen molar-refractivity contribution in [1.82, 2.24) is 9.62 Å². The number of carbonyl (C=O) groups excluding carboxylic acids is 1. The fraction of sp³-hybridized carbons (Fsp3) is 0.611. The summed E-state index contributed by atoms with van der Waals surface area (Å²) in [6, 6.07) is 4.80. The lowest BCUT2D eigenvalue weighted by Gasteiger charge is -2.32. The van der Waals surface area contributed by atoms with Crippen LogP contribution in [0.5, 0.6) is 0 Å². The van der Waals surface area contributed by atoms with Crippen LogP contribution in [0.1, 0.15) is 39.2 Å². The van der Waals surface area contributed by atoms with Crippen molar-refractivity contribution in [3.8, 4) is 0 Å². The molecule has 0 saturated carbocycles. The molecular formula is C18H26Cl2N2O4S. The van der Waals surface area contributed by atoms with Crippen LogP contribution in [0, 0.1) is 5.92 Å². The maximum absolute atomic E-state index is 12.8. The number of piperidine rings is 1. The molecule has 1 heterocycles. The molecule has 0 unspecified atom stereocenters. The SMILES string of the molecule is CC(C)(C)OC(=O)NC[C@@H]1CCCN(S(=O)(=O)Cc2cc(Cl)ccc2Cl)C1. The smallest absolute Gasteiger partial charge is 0.407 e. The standard InChI is InChI=1S/C18H26Cl2N2O4S/c1-18(2,3)26-17(23)21-10-13-5-4-8-22(11-13)27(24,25)12-14-9-15(19)6-7-16(14)20/h6-7,9,13H,4-5,8,10-12H2,1-3H3,(H,21,23)/t13-/m0/s1. The Balaban J connectivity index is 1.96. The summed E-state index contributed by atoms with van der Waals surface area (Å²) in [5.74, 6) is -0.158. The number of sulfonamides is 1. The highest BCUT2D eigenvalue weighted by Gasteiger charge is 2.30. The Hall–Kier alpha value is -1.02. The lowest BCUT2D eigenvalue weighted by Crippen LogP contribution is -2.44. The van der Waals surface area contributed by atoms with E-state index in [2.05, 4.69) is 5.32 Å². The highest BCUT2D eigenvalue weighted by molar-refractivity contribution is 7.88. The number of benzene rings is 1. The molecule has 1 aliphatic rings. The Labute approximate surface area is 171 Å². The molecule has 1 aromatic carbocycles. The number of ether oxygens (including phenoxy) is 1. The van der Waals surface area contributed by atoms with Gasteiger partial charge >= 0.3 is 6.09 Å². The molecule has 1 aromatic rings. The van der Waals surface area contributed by atoms with E-state index >= 15 is 0 Å². The summed E-state index contributed by atoms with van der Waals surface area (Å²) < 4.78 is 32.3. The van der Waals surface area contributed by atoms with Gasteiger partial charge in [0.25, 0.3) is 0 Å². The zero-order valence-electron chi connectivity index (χ0n) is 15.8. The monoisotopic (exact) mass is 436 g/mol. The summed E-state index contributed by atoms with van der Waals surface area (Å²) in [6.45, 7) is 6.58. The number of nitrogens with one attached hydrogen (secondary N) is 1. The molecule has 9 heteroatoms. The molecule has 27 heavy (non-hydrogen) atoms. The van der Waals surface area contributed by atoms with Crippen LogP contribution in [-0.2, 0) is 20.5 Å². The van der Waals surface area contributed by atoms with Crippen LogP contribution in [0.2, 0.25) is 10.0 Å². The Kier molecular flexibility index (Phi) is 7.41. The van der Waals surface area contributed by atoms with Crippen molar-refractivity contribution in [2.45, 2.75) is 45.0 Å². The minimum Gasteiger partial charge on any atom is -0.444 e. The van der Waals surface area contributed by atoms with E-state index < -0.39 is 21.7 Å². The first-order chi connectivity index (χ1) is 12.5. The highest BCUT2D eigenvalue weighted by Crippen LogP contribution is 2.26. The third-order valence-electron chi connectivity index (χ3n) is 4.15. The fourth-order valence-electron chi connectivity index (χ4n) is 2.93. The van der Waals surface area contributed by atoms with Crippen LogP contribution in [-0.4, -0.2) is 44.1 Å². The van der Waals surface area contributed by atoms with Gasteiger partial charge in [-0.2, -0.15) is 0 Å². The summed E-state index contributed by atoms with van der Waals surface area (Å²) in [7, 11) is -3.53. The average molecular weight is 437 g/mol. The molecule has 0 aliphatic carbocycles. The second kappa shape index (κ2) is 8.99. The third kappa shape index (κ3) is 7.14. The molecule has 1 N–H and O–H groups in total. The molecule has 0 spiro atoms. The molecular weight excluding hydrogens is 411 g/mol. The molecule has 0 bridgehead atoms. The summed E-state index contributed by atoms with van der Waals surface area (Å²) >= 11 is 12.1. The average Bonchev–Trinajstić information content (AvgIpc) is 2.55. The molecule has 1 atom stereocenters. The quantitative estimate of drug-likeness (QED) is 0.754. The zero-order chi connectivity index (χ0) is 20.2. The molecule has 1 saturated heterocycles. The number of alkyl carbamates (subject to hydrolysis) is 1. The minimum absolute atomic E-state index is 0.0378. The van der Waals surface area contributed by atoms with Crippen LogP contribution in [0.15, 0.2) is 18.2 Å². The first-order valence-corrected chi connectivity index (χ1v) is 11.2. The molecule has 0 radical (unpaired) electrons. The van der Waals surface area contributed by atoms with E-state index in [4.69, 9.17) is 27.9 Å². The second-order valence-electron chi connectivity index (χ2n) is 7.74. The van der Waals surface area contributed by atoms with Gasteiger partial charge in [-0.25, -0.2) is 17.5 Å². The van der Waals surface area contributed by atoms with Crippen LogP contribution < -0.4 is 5.32 Å². The van der Waals surface area contributed by atoms with Crippen molar-refractivity contribution in [2.24, 2.45) is 5.92 Å². The van der Waals surface area contributed by atoms with Crippen LogP contribution in [0.25, 0.3) is 0 Å². The van der Waals surface area contributed by atoms with Gasteiger partial charge in [0.2, 0.25) is 10.0 Å². The van der Waals surface area contributed by atoms with Crippen LogP contribution >= 0.6 is 23.2 Å². The minimum atomic E-state index is -3.53. The summed E-state index contributed by atoms with van der Waals surface area (Å²) in [6.07, 6.45) is 1.09. The fourth-order valence-corrected chi connectivity index (χ4v) is 5.05. The highest BCUT2D eigenvalue weighted by atomic mass is 35.5. The van der Waals surface area contributed by atoms with Crippen LogP contribution in [0.4, 0.5) is 4.79 Å². The van der Waals surface area contributed by atoms with Crippen molar-refractivity contribution in [3.63, 3.8) is 0 Å². The van der Waals surface area contributed by atoms with Gasteiger partial charge in [-0.3, -0.25) is 0 Å². The molecule has 6 nitrogen and oxygen atoms in total. The molecule has 1 fully saturated rings. The van der Waals surface area contributed by atoms with E-state index in [1.54, 1.807) is 39.0 Å². The van der Waals surface area contributed by atoms with Gasteiger partial charge in [0.1, 0.15) is 5.60 Å². The van der Waals surface area contributed by atoms with Crippen molar-refractivity contribution >= 4 is 39.3 Å². The number of nitrogens with zero attached hydrogens (tertiary/aromatic N) is 1. The van der Waals surface area contributed by atoms with Crippen molar-refractivity contribution in [3.05, 3.63) is 33.8 Å². The largest absolute Gasteiger partial charge is 0.444 e. The lowest BCUT2D eigenvalue weighted by atomic mass is 10.00. The van der Waals surface area contributed by atoms with Crippen molar-refractivity contribution < 1.29 is 17.9 Å². The van der Waals surface area contributed by atoms with Gasteiger partial charge < -0.3 is 10.1 Å². The maximum atomic E-state index is 12.8. The van der Waals surface area contributed by atoms with Gasteiger partial charge in [-0.1, -0.05) is 23.2 Å². The number of amides is 1. The van der Waals surface area contributed by atoms with Gasteiger partial charge in [0.05, 0.1) is 5.75 Å². The molecule has 152 valence electrons. The van der Waals surface area contributed by atoms with Gasteiger partial charge in [-0.15, -0.1) is 0 Å². The predicted octanol–water partition coefficient (Wildman–Crippen LogP) is 4.06. The number of carbonyl (C=O) groups is 1. The Morgan fingerprint density at radius 2 is 2.04 bits per heavy atom. The van der Waals surface area contributed by atoms with E-state index in [1.807, 2.05) is 0 Å². The lowest BCUT2D eigenvalue weighted by molar-refractivity contribution is 0.0513. The van der Waals surface area contributed by atoms with Crippen molar-refractivity contribution in [1.29, 1.82) is 0 Å². The summed E-state index contributed by atoms with van der Waals surface area (Å²) in [5.41, 5.74) is -0.0828. The van der Waals surface area contributed by atoms with E-state index in [-0.39, 0.29) is 11.7 Å². The molecule has 0 aromatic heterocycles. The molecule has 2 rings (SSSR count). The summed E-state index contributed by atoms with van der Waals surface area (Å²) in [4.78, 5) is 11.8. The topological polar surface area (TPSA) is 75.7 Å². The summed E-state index contributed by atoms with van der Waals surface area (Å²) in [5, 5.41) is 3.55. The Bertz CT molecular complexity index is 778. The van der Waals surface area contributed by atoms with Gasteiger partial charge in [-0.05, 0) is 63.3 Å². The first-order valence-electron chi connectivity index (χ1n) is 8.85. The number of halogens is 2. The first kappa shape index (κ1) is 22.3. The zero-order valence-corrected chi connectivity index (χ0v) is 18.1. The number of hydrogen-bond donors (Lipinski definition) is 1. The molecule has 1 aliphatic heterocycles. The van der Waals surface area contributed by atoms with Gasteiger partial charge in [0.15, 0.2) is 0 Å². The molecule has 1 amide bonds. The van der Waals surface area contributed by atoms with E-state index in [9.17, 15) is 13.2 Å². The normalized spacial score (nSPS) is 18.9. The Morgan fingerprint density at radius 1 is 1.33 bits per heavy atom. The van der Waals surface area contributed by atoms with Gasteiger partial charge in [0, 0.05) is 29.7 Å². The second-order valence-corrected chi connectivity index (χ2v) is 10.6. The van der Waals surface area contributed by atoms with E-state index in [1.165, 1.54) is 4.31 Å². The van der Waals surface area contributed by atoms with E-state index in [0.29, 0.717) is 35.2 Å². The van der Waals surface area contributed by atoms with Crippen LogP contribution in [0.3, 0.4) is 0 Å². The predicted molar refractivity (Wildman–Crippen MR) is 108 cm³/mol. The van der Waals surface area contributed by atoms with E-state index in [0.717, 1.165) is 12.8 Å². The Morgan fingerprint density at radius 3 is 2.70 bits per heavy atom. The maximum Gasteiger partial charge on any atom is 0.407 e.